The number of carboxylic acids is 1. The van der Waals surface area contributed by atoms with Crippen LogP contribution in [0.1, 0.15) is 35.0 Å². The maximum absolute atomic E-state index is 14.8. The van der Waals surface area contributed by atoms with Crippen molar-refractivity contribution in [1.29, 1.82) is 0 Å². The van der Waals surface area contributed by atoms with E-state index in [-0.39, 0.29) is 11.1 Å². The highest BCUT2D eigenvalue weighted by molar-refractivity contribution is 5.99. The Morgan fingerprint density at radius 2 is 1.69 bits per heavy atom. The van der Waals surface area contributed by atoms with Gasteiger partial charge in [-0.1, -0.05) is 25.1 Å². The van der Waals surface area contributed by atoms with Gasteiger partial charge in [-0.2, -0.15) is 13.2 Å². The molecule has 0 saturated heterocycles. The van der Waals surface area contributed by atoms with E-state index >= 15 is 0 Å². The number of amides is 1. The molecule has 0 fully saturated rings. The third-order valence-electron chi connectivity index (χ3n) is 7.52. The van der Waals surface area contributed by atoms with Crippen LogP contribution in [0.2, 0.25) is 0 Å². The van der Waals surface area contributed by atoms with Crippen molar-refractivity contribution >= 4 is 28.5 Å². The lowest BCUT2D eigenvalue weighted by Gasteiger charge is -2.22. The van der Waals surface area contributed by atoms with Gasteiger partial charge in [0.1, 0.15) is 29.3 Å². The van der Waals surface area contributed by atoms with Crippen molar-refractivity contribution in [3.8, 4) is 11.1 Å². The Morgan fingerprint density at radius 1 is 1.04 bits per heavy atom. The fourth-order valence-electron chi connectivity index (χ4n) is 5.01. The average Bonchev–Trinajstić information content (AvgIpc) is 2.97. The minimum absolute atomic E-state index is 0.219. The van der Waals surface area contributed by atoms with Crippen molar-refractivity contribution in [2.24, 2.45) is 14.1 Å². The molecule has 238 valence electrons. The molecule has 0 aliphatic heterocycles. The summed E-state index contributed by atoms with van der Waals surface area (Å²) in [5, 5.41) is 14.4. The number of rotatable bonds is 9. The van der Waals surface area contributed by atoms with E-state index in [1.54, 1.807) is 25.1 Å². The Kier molecular flexibility index (Phi) is 9.12. The van der Waals surface area contributed by atoms with Crippen LogP contribution in [0.5, 0.6) is 0 Å². The van der Waals surface area contributed by atoms with Gasteiger partial charge in [0.25, 0.3) is 11.5 Å². The quantitative estimate of drug-likeness (QED) is 0.237. The SMILES string of the molecule is CC[C@@H](Nc1cc(F)c(C(=O)N[C@@H](Cc2ccc(-c3c(C)n(C)c(=O)n(C)c3=O)c3cccnc23)C(=O)O)c(F)c1)C(F)(F)F. The first-order valence-electron chi connectivity index (χ1n) is 13.6. The molecular weight excluding hydrogens is 605 g/mol. The highest BCUT2D eigenvalue weighted by Gasteiger charge is 2.38. The molecule has 45 heavy (non-hydrogen) atoms. The summed E-state index contributed by atoms with van der Waals surface area (Å²) >= 11 is 0. The Morgan fingerprint density at radius 3 is 2.27 bits per heavy atom. The van der Waals surface area contributed by atoms with Crippen LogP contribution >= 0.6 is 0 Å². The van der Waals surface area contributed by atoms with Gasteiger partial charge in [0.05, 0.1) is 11.1 Å². The molecular formula is C30H28F5N5O5. The van der Waals surface area contributed by atoms with Gasteiger partial charge in [-0.3, -0.25) is 19.1 Å². The number of nitrogens with zero attached hydrogens (tertiary/aromatic N) is 3. The number of fused-ring (bicyclic) bond motifs is 1. The first-order chi connectivity index (χ1) is 21.1. The second-order valence-corrected chi connectivity index (χ2v) is 10.4. The number of alkyl halides is 3. The largest absolute Gasteiger partial charge is 0.480 e. The van der Waals surface area contributed by atoms with E-state index in [0.29, 0.717) is 34.3 Å². The molecule has 15 heteroatoms. The van der Waals surface area contributed by atoms with Crippen LogP contribution in [0, 0.1) is 18.6 Å². The molecule has 3 N–H and O–H groups in total. The zero-order valence-electron chi connectivity index (χ0n) is 24.4. The van der Waals surface area contributed by atoms with E-state index in [2.05, 4.69) is 10.3 Å². The second kappa shape index (κ2) is 12.5. The van der Waals surface area contributed by atoms with E-state index in [9.17, 15) is 46.2 Å². The number of aliphatic carboxylic acids is 1. The van der Waals surface area contributed by atoms with Crippen LogP contribution < -0.4 is 21.9 Å². The van der Waals surface area contributed by atoms with Crippen LogP contribution in [0.3, 0.4) is 0 Å². The molecule has 0 aliphatic rings. The van der Waals surface area contributed by atoms with Gasteiger partial charge >= 0.3 is 17.8 Å². The highest BCUT2D eigenvalue weighted by Crippen LogP contribution is 2.31. The first-order valence-corrected chi connectivity index (χ1v) is 13.6. The lowest BCUT2D eigenvalue weighted by Crippen LogP contribution is -2.43. The molecule has 2 aromatic carbocycles. The molecule has 0 bridgehead atoms. The van der Waals surface area contributed by atoms with Crippen molar-refractivity contribution in [3.63, 3.8) is 0 Å². The Bertz CT molecular complexity index is 1910. The van der Waals surface area contributed by atoms with Gasteiger partial charge in [-0.05, 0) is 42.7 Å². The number of halogens is 5. The number of pyridine rings is 1. The molecule has 4 rings (SSSR count). The molecule has 10 nitrogen and oxygen atoms in total. The zero-order chi connectivity index (χ0) is 33.4. The fourth-order valence-corrected chi connectivity index (χ4v) is 5.01. The maximum atomic E-state index is 14.8. The minimum Gasteiger partial charge on any atom is -0.480 e. The molecule has 2 aromatic heterocycles. The number of benzene rings is 2. The predicted octanol–water partition coefficient (Wildman–Crippen LogP) is 4.06. The van der Waals surface area contributed by atoms with Gasteiger partial charge in [0.15, 0.2) is 0 Å². The molecule has 0 saturated carbocycles. The fraction of sp³-hybridized carbons (Fsp3) is 0.300. The third-order valence-corrected chi connectivity index (χ3v) is 7.52. The molecule has 0 unspecified atom stereocenters. The molecule has 2 atom stereocenters. The van der Waals surface area contributed by atoms with E-state index in [1.807, 2.05) is 5.32 Å². The van der Waals surface area contributed by atoms with Crippen LogP contribution in [0.4, 0.5) is 27.6 Å². The summed E-state index contributed by atoms with van der Waals surface area (Å²) in [6.07, 6.45) is -4.10. The van der Waals surface area contributed by atoms with Gasteiger partial charge in [0, 0.05) is 43.5 Å². The van der Waals surface area contributed by atoms with E-state index in [4.69, 9.17) is 0 Å². The van der Waals surface area contributed by atoms with E-state index in [1.165, 1.54) is 37.8 Å². The lowest BCUT2D eigenvalue weighted by atomic mass is 9.95. The van der Waals surface area contributed by atoms with E-state index < -0.39 is 77.1 Å². The average molecular weight is 634 g/mol. The van der Waals surface area contributed by atoms with Crippen molar-refractivity contribution in [1.82, 2.24) is 19.4 Å². The minimum atomic E-state index is -4.70. The Labute approximate surface area is 252 Å². The Hall–Kier alpha value is -5.08. The standard InChI is InChI=1S/C30H28F5N5O5/c1-5-22(30(33,34)35)37-16-12-19(31)24(20(32)13-16)26(41)38-21(28(43)44)11-15-8-9-17(18-7-6-10-36-25(15)18)23-14(2)39(3)29(45)40(4)27(23)42/h6-10,12-13,21-22,37H,5,11H2,1-4H3,(H,38,41)(H,43,44)/t21-,22+/m0/s1. The Balaban J connectivity index is 1.68. The monoisotopic (exact) mass is 633 g/mol. The van der Waals surface area contributed by atoms with Crippen LogP contribution in [-0.2, 0) is 25.3 Å². The summed E-state index contributed by atoms with van der Waals surface area (Å²) in [7, 11) is 2.85. The van der Waals surface area contributed by atoms with Gasteiger partial charge < -0.3 is 20.3 Å². The van der Waals surface area contributed by atoms with Gasteiger partial charge in [0.2, 0.25) is 0 Å². The van der Waals surface area contributed by atoms with Crippen molar-refractivity contribution in [2.75, 3.05) is 5.32 Å². The van der Waals surface area contributed by atoms with E-state index in [0.717, 1.165) is 4.57 Å². The number of carbonyl (C=O) groups is 2. The number of carboxylic acid groups (broad SMARTS) is 1. The van der Waals surface area contributed by atoms with Crippen molar-refractivity contribution < 1.29 is 36.6 Å². The smallest absolute Gasteiger partial charge is 0.408 e. The number of nitrogens with one attached hydrogen (secondary N) is 2. The molecule has 1 amide bonds. The summed E-state index contributed by atoms with van der Waals surface area (Å²) in [5.41, 5.74) is -1.22. The topological polar surface area (TPSA) is 135 Å². The van der Waals surface area contributed by atoms with Gasteiger partial charge in [-0.25, -0.2) is 18.4 Å². The summed E-state index contributed by atoms with van der Waals surface area (Å²) in [5.74, 6) is -5.98. The zero-order valence-corrected chi connectivity index (χ0v) is 24.4. The summed E-state index contributed by atoms with van der Waals surface area (Å²) in [4.78, 5) is 54.8. The number of aromatic nitrogens is 3. The van der Waals surface area contributed by atoms with Crippen LogP contribution in [0.15, 0.2) is 52.2 Å². The van der Waals surface area contributed by atoms with Gasteiger partial charge in [-0.15, -0.1) is 0 Å². The number of hydrogen-bond donors (Lipinski definition) is 3. The first kappa shape index (κ1) is 32.8. The van der Waals surface area contributed by atoms with Crippen molar-refractivity contribution in [3.05, 3.63) is 91.9 Å². The molecule has 0 aliphatic carbocycles. The van der Waals surface area contributed by atoms with Crippen LogP contribution in [-0.4, -0.2) is 49.4 Å². The lowest BCUT2D eigenvalue weighted by molar-refractivity contribution is -0.143. The normalized spacial score (nSPS) is 13.0. The van der Waals surface area contributed by atoms with Crippen molar-refractivity contribution in [2.45, 2.75) is 44.9 Å². The third kappa shape index (κ3) is 6.42. The second-order valence-electron chi connectivity index (χ2n) is 10.4. The molecule has 0 radical (unpaired) electrons. The number of carbonyl (C=O) groups excluding carboxylic acids is 1. The molecule has 2 heterocycles. The maximum Gasteiger partial charge on any atom is 0.408 e. The predicted molar refractivity (Wildman–Crippen MR) is 155 cm³/mol. The van der Waals surface area contributed by atoms with Crippen LogP contribution in [0.25, 0.3) is 22.0 Å². The highest BCUT2D eigenvalue weighted by atomic mass is 19.4. The summed E-state index contributed by atoms with van der Waals surface area (Å²) in [6.45, 7) is 2.83. The number of hydrogen-bond acceptors (Lipinski definition) is 6. The number of anilines is 1. The summed E-state index contributed by atoms with van der Waals surface area (Å²) < 4.78 is 71.2. The molecule has 0 spiro atoms. The molecule has 4 aromatic rings. The summed E-state index contributed by atoms with van der Waals surface area (Å²) in [6, 6.07) is 3.49.